The van der Waals surface area contributed by atoms with Crippen LogP contribution in [0.5, 0.6) is 0 Å². The van der Waals surface area contributed by atoms with E-state index < -0.39 is 0 Å². The second kappa shape index (κ2) is 6.59. The Labute approximate surface area is 49.2 Å². The largest absolute Gasteiger partial charge is 0.291 e. The van der Waals surface area contributed by atoms with Crippen molar-refractivity contribution in [3.05, 3.63) is 0 Å². The van der Waals surface area contributed by atoms with E-state index in [1.165, 1.54) is 0 Å². The maximum absolute atomic E-state index is 9.59. The molecule has 3 heteroatoms. The minimum Gasteiger partial charge on any atom is -0.291 e. The molecule has 0 aliphatic carbocycles. The van der Waals surface area contributed by atoms with Gasteiger partial charge in [0, 0.05) is 13.0 Å². The molecule has 0 aliphatic heterocycles. The van der Waals surface area contributed by atoms with Gasteiger partial charge in [0.2, 0.25) is 0 Å². The summed E-state index contributed by atoms with van der Waals surface area (Å²) in [5, 5.41) is 0. The lowest BCUT2D eigenvalue weighted by atomic mass is 10.2. The van der Waals surface area contributed by atoms with Crippen LogP contribution < -0.4 is 11.3 Å². The quantitative estimate of drug-likeness (QED) is 0.294. The number of nitrogens with two attached hydrogens (primary N) is 1. The second-order valence-electron chi connectivity index (χ2n) is 1.56. The first-order chi connectivity index (χ1) is 3.91. The smallest absolute Gasteiger partial charge is 0.198 e. The van der Waals surface area contributed by atoms with E-state index in [-0.39, 0.29) is 0 Å². The number of nitrogens with one attached hydrogen (secondary N) is 1. The van der Waals surface area contributed by atoms with Gasteiger partial charge in [-0.1, -0.05) is 0 Å². The van der Waals surface area contributed by atoms with Crippen molar-refractivity contribution in [2.45, 2.75) is 19.3 Å². The van der Waals surface area contributed by atoms with Gasteiger partial charge < -0.3 is 0 Å². The van der Waals surface area contributed by atoms with Gasteiger partial charge in [-0.15, -0.1) is 0 Å². The number of unbranched alkanes of at least 4 members (excludes halogenated alkanes) is 2. The van der Waals surface area contributed by atoms with Crippen LogP contribution in [0.3, 0.4) is 0 Å². The summed E-state index contributed by atoms with van der Waals surface area (Å²) in [6, 6.07) is 0. The highest BCUT2D eigenvalue weighted by Gasteiger charge is 1.83. The molecule has 0 aromatic carbocycles. The molecule has 3 nitrogen and oxygen atoms in total. The van der Waals surface area contributed by atoms with Crippen molar-refractivity contribution in [3.8, 4) is 0 Å². The standard InChI is InChI=1S/C5H11N2O/c6-7-4-2-1-3-5-8/h7H,1-4,6H2. The summed E-state index contributed by atoms with van der Waals surface area (Å²) in [4.78, 5) is 9.59. The third-order valence-corrected chi connectivity index (χ3v) is 0.850. The molecule has 0 bridgehead atoms. The Morgan fingerprint density at radius 2 is 2.25 bits per heavy atom. The third-order valence-electron chi connectivity index (χ3n) is 0.850. The molecule has 0 amide bonds. The van der Waals surface area contributed by atoms with Gasteiger partial charge in [-0.3, -0.25) is 16.1 Å². The minimum atomic E-state index is 0.529. The highest BCUT2D eigenvalue weighted by molar-refractivity contribution is 5.50. The van der Waals surface area contributed by atoms with Gasteiger partial charge in [-0.25, -0.2) is 0 Å². The average Bonchev–Trinajstić information content (AvgIpc) is 1.81. The Morgan fingerprint density at radius 1 is 1.50 bits per heavy atom. The van der Waals surface area contributed by atoms with Crippen molar-refractivity contribution in [1.82, 2.24) is 5.43 Å². The summed E-state index contributed by atoms with van der Waals surface area (Å²) in [7, 11) is 0. The Balaban J connectivity index is 2.62. The van der Waals surface area contributed by atoms with Crippen LogP contribution in [0.1, 0.15) is 19.3 Å². The first kappa shape index (κ1) is 7.59. The van der Waals surface area contributed by atoms with Crippen LogP contribution in [-0.4, -0.2) is 12.8 Å². The summed E-state index contributed by atoms with van der Waals surface area (Å²) in [6.45, 7) is 0.779. The fraction of sp³-hybridized carbons (Fsp3) is 0.800. The van der Waals surface area contributed by atoms with Crippen molar-refractivity contribution in [2.75, 3.05) is 6.54 Å². The van der Waals surface area contributed by atoms with E-state index in [1.807, 2.05) is 6.29 Å². The van der Waals surface area contributed by atoms with Crippen LogP contribution in [0.15, 0.2) is 0 Å². The van der Waals surface area contributed by atoms with Gasteiger partial charge in [-0.05, 0) is 12.8 Å². The lowest BCUT2D eigenvalue weighted by Gasteiger charge is -1.92. The number of hydrogen-bond acceptors (Lipinski definition) is 3. The molecule has 0 aromatic rings. The lowest BCUT2D eigenvalue weighted by Crippen LogP contribution is -2.22. The molecule has 0 spiro atoms. The van der Waals surface area contributed by atoms with Gasteiger partial charge >= 0.3 is 0 Å². The fourth-order valence-electron chi connectivity index (χ4n) is 0.424. The first-order valence-electron chi connectivity index (χ1n) is 2.70. The van der Waals surface area contributed by atoms with E-state index in [0.717, 1.165) is 19.4 Å². The maximum Gasteiger partial charge on any atom is 0.198 e. The molecule has 0 aliphatic rings. The highest BCUT2D eigenvalue weighted by atomic mass is 16.1. The van der Waals surface area contributed by atoms with Crippen LogP contribution in [0.25, 0.3) is 0 Å². The zero-order valence-corrected chi connectivity index (χ0v) is 4.81. The Kier molecular flexibility index (Phi) is 6.25. The molecule has 0 atom stereocenters. The van der Waals surface area contributed by atoms with Gasteiger partial charge in [-0.2, -0.15) is 0 Å². The molecule has 0 saturated carbocycles. The van der Waals surface area contributed by atoms with Crippen LogP contribution in [0, 0.1) is 0 Å². The molecule has 8 heavy (non-hydrogen) atoms. The molecule has 0 rings (SSSR count). The summed E-state index contributed by atoms with van der Waals surface area (Å²) < 4.78 is 0. The molecular weight excluding hydrogens is 104 g/mol. The molecule has 0 unspecified atom stereocenters. The molecule has 0 fully saturated rings. The van der Waals surface area contributed by atoms with Gasteiger partial charge in [0.25, 0.3) is 0 Å². The maximum atomic E-state index is 9.59. The predicted molar refractivity (Wildman–Crippen MR) is 31.7 cm³/mol. The monoisotopic (exact) mass is 115 g/mol. The Hall–Kier alpha value is -0.410. The molecule has 0 saturated heterocycles. The number of carbonyl (C=O) groups excluding carboxylic acids is 1. The summed E-state index contributed by atoms with van der Waals surface area (Å²) >= 11 is 0. The summed E-state index contributed by atoms with van der Waals surface area (Å²) in [6.07, 6.45) is 4.17. The van der Waals surface area contributed by atoms with E-state index in [9.17, 15) is 4.79 Å². The zero-order valence-electron chi connectivity index (χ0n) is 4.81. The van der Waals surface area contributed by atoms with Crippen LogP contribution in [0.2, 0.25) is 0 Å². The zero-order chi connectivity index (χ0) is 6.24. The van der Waals surface area contributed by atoms with E-state index >= 15 is 0 Å². The normalized spacial score (nSPS) is 9.12. The van der Waals surface area contributed by atoms with Crippen LogP contribution in [-0.2, 0) is 4.79 Å². The van der Waals surface area contributed by atoms with Gasteiger partial charge in [0.05, 0.1) is 0 Å². The molecule has 47 valence electrons. The van der Waals surface area contributed by atoms with Crippen molar-refractivity contribution < 1.29 is 4.79 Å². The highest BCUT2D eigenvalue weighted by Crippen LogP contribution is 1.88. The summed E-state index contributed by atoms with van der Waals surface area (Å²) in [5.41, 5.74) is 2.50. The van der Waals surface area contributed by atoms with Crippen molar-refractivity contribution in [1.29, 1.82) is 0 Å². The molecule has 0 heterocycles. The third kappa shape index (κ3) is 5.59. The van der Waals surface area contributed by atoms with Gasteiger partial charge in [0.1, 0.15) is 0 Å². The minimum absolute atomic E-state index is 0.529. The number of rotatable bonds is 5. The van der Waals surface area contributed by atoms with Crippen molar-refractivity contribution >= 4 is 6.29 Å². The molecular formula is C5H11N2O. The SMILES string of the molecule is NNCCCC[C]=O. The van der Waals surface area contributed by atoms with Crippen molar-refractivity contribution in [3.63, 3.8) is 0 Å². The predicted octanol–water partition coefficient (Wildman–Crippen LogP) is -0.270. The van der Waals surface area contributed by atoms with Gasteiger partial charge in [0.15, 0.2) is 6.29 Å². The average molecular weight is 115 g/mol. The molecule has 3 N–H and O–H groups in total. The fourth-order valence-corrected chi connectivity index (χ4v) is 0.424. The first-order valence-corrected chi connectivity index (χ1v) is 2.70. The topological polar surface area (TPSA) is 55.1 Å². The second-order valence-corrected chi connectivity index (χ2v) is 1.56. The lowest BCUT2D eigenvalue weighted by molar-refractivity contribution is 0.544. The van der Waals surface area contributed by atoms with E-state index in [0.29, 0.717) is 6.42 Å². The van der Waals surface area contributed by atoms with E-state index in [2.05, 4.69) is 5.43 Å². The van der Waals surface area contributed by atoms with Crippen LogP contribution in [0.4, 0.5) is 0 Å². The summed E-state index contributed by atoms with van der Waals surface area (Å²) in [5.74, 6) is 4.96. The molecule has 1 radical (unpaired) electrons. The van der Waals surface area contributed by atoms with E-state index in [4.69, 9.17) is 5.84 Å². The Morgan fingerprint density at radius 3 is 2.75 bits per heavy atom. The van der Waals surface area contributed by atoms with Crippen molar-refractivity contribution in [2.24, 2.45) is 5.84 Å². The van der Waals surface area contributed by atoms with E-state index in [1.54, 1.807) is 0 Å². The molecule has 0 aromatic heterocycles. The Bertz CT molecular complexity index is 56.4. The van der Waals surface area contributed by atoms with Crippen LogP contribution >= 0.6 is 0 Å². The number of hydrogen-bond donors (Lipinski definition) is 2. The number of hydrazine groups is 1.